The van der Waals surface area contributed by atoms with Crippen molar-refractivity contribution in [2.24, 2.45) is 5.92 Å². The minimum atomic E-state index is -0.558. The Morgan fingerprint density at radius 3 is 2.27 bits per heavy atom. The molecule has 2 rings (SSSR count). The zero-order chi connectivity index (χ0) is 22.1. The van der Waals surface area contributed by atoms with Crippen LogP contribution in [0.5, 0.6) is 0 Å². The van der Waals surface area contributed by atoms with Gasteiger partial charge >= 0.3 is 0 Å². The average molecular weight is 429 g/mol. The first-order chi connectivity index (χ1) is 14.3. The lowest BCUT2D eigenvalue weighted by Gasteiger charge is -2.29. The van der Waals surface area contributed by atoms with Crippen LogP contribution < -0.4 is 5.32 Å². The van der Waals surface area contributed by atoms with E-state index in [1.807, 2.05) is 32.0 Å². The molecule has 162 valence electrons. The number of carbonyl (C=O) groups is 2. The summed E-state index contributed by atoms with van der Waals surface area (Å²) in [5.41, 5.74) is 3.31. The third kappa shape index (κ3) is 7.49. The highest BCUT2D eigenvalue weighted by Gasteiger charge is 2.26. The molecule has 4 nitrogen and oxygen atoms in total. The van der Waals surface area contributed by atoms with E-state index in [9.17, 15) is 9.59 Å². The molecule has 5 heteroatoms. The van der Waals surface area contributed by atoms with E-state index in [1.165, 1.54) is 5.56 Å². The molecule has 0 saturated heterocycles. The van der Waals surface area contributed by atoms with Crippen molar-refractivity contribution in [3.63, 3.8) is 0 Å². The molecular weight excluding hydrogens is 396 g/mol. The summed E-state index contributed by atoms with van der Waals surface area (Å²) in [5.74, 6) is 0.178. The van der Waals surface area contributed by atoms with Crippen LogP contribution in [-0.4, -0.2) is 29.3 Å². The lowest BCUT2D eigenvalue weighted by Crippen LogP contribution is -2.48. The summed E-state index contributed by atoms with van der Waals surface area (Å²) >= 11 is 6.12. The molecule has 0 heterocycles. The van der Waals surface area contributed by atoms with Gasteiger partial charge in [0.15, 0.2) is 0 Å². The number of aryl methyl sites for hydroxylation is 2. The number of halogens is 1. The van der Waals surface area contributed by atoms with Crippen molar-refractivity contribution in [1.29, 1.82) is 0 Å². The number of hydrogen-bond acceptors (Lipinski definition) is 2. The highest BCUT2D eigenvalue weighted by molar-refractivity contribution is 6.30. The molecular formula is C25H33ClN2O2. The highest BCUT2D eigenvalue weighted by atomic mass is 35.5. The van der Waals surface area contributed by atoms with Gasteiger partial charge in [-0.15, -0.1) is 0 Å². The monoisotopic (exact) mass is 428 g/mol. The van der Waals surface area contributed by atoms with E-state index >= 15 is 0 Å². The smallest absolute Gasteiger partial charge is 0.242 e. The third-order valence-electron chi connectivity index (χ3n) is 5.15. The van der Waals surface area contributed by atoms with E-state index in [2.05, 4.69) is 36.5 Å². The number of hydrogen-bond donors (Lipinski definition) is 1. The highest BCUT2D eigenvalue weighted by Crippen LogP contribution is 2.17. The van der Waals surface area contributed by atoms with Crippen molar-refractivity contribution in [1.82, 2.24) is 10.2 Å². The summed E-state index contributed by atoms with van der Waals surface area (Å²) in [7, 11) is 0. The number of nitrogens with zero attached hydrogens (tertiary/aromatic N) is 1. The van der Waals surface area contributed by atoms with Gasteiger partial charge in [-0.1, -0.05) is 68.8 Å². The molecule has 0 aliphatic rings. The Bertz CT molecular complexity index is 833. The molecule has 0 aromatic heterocycles. The van der Waals surface area contributed by atoms with E-state index in [0.29, 0.717) is 36.9 Å². The van der Waals surface area contributed by atoms with Crippen molar-refractivity contribution in [2.45, 2.75) is 59.5 Å². The quantitative estimate of drug-likeness (QED) is 0.577. The second-order valence-corrected chi connectivity index (χ2v) is 8.57. The van der Waals surface area contributed by atoms with E-state index in [1.54, 1.807) is 17.9 Å². The Hall–Kier alpha value is -2.33. The van der Waals surface area contributed by atoms with Crippen molar-refractivity contribution >= 4 is 23.4 Å². The Kier molecular flexibility index (Phi) is 9.38. The lowest BCUT2D eigenvalue weighted by molar-refractivity contribution is -0.140. The van der Waals surface area contributed by atoms with E-state index in [4.69, 9.17) is 11.6 Å². The maximum atomic E-state index is 13.1. The second-order valence-electron chi connectivity index (χ2n) is 8.14. The number of rotatable bonds is 10. The average Bonchev–Trinajstić information content (AvgIpc) is 2.74. The number of nitrogens with one attached hydrogen (secondary N) is 1. The third-order valence-corrected chi connectivity index (χ3v) is 5.39. The Balaban J connectivity index is 2.11. The maximum Gasteiger partial charge on any atom is 0.242 e. The van der Waals surface area contributed by atoms with Crippen molar-refractivity contribution in [3.8, 4) is 0 Å². The molecule has 0 bridgehead atoms. The molecule has 1 atom stereocenters. The van der Waals surface area contributed by atoms with Gasteiger partial charge < -0.3 is 10.2 Å². The maximum absolute atomic E-state index is 13.1. The van der Waals surface area contributed by atoms with Crippen molar-refractivity contribution in [2.75, 3.05) is 6.54 Å². The molecule has 0 aliphatic carbocycles. The van der Waals surface area contributed by atoms with Crippen LogP contribution >= 0.6 is 11.6 Å². The summed E-state index contributed by atoms with van der Waals surface area (Å²) in [6.07, 6.45) is 2.00. The summed E-state index contributed by atoms with van der Waals surface area (Å²) in [4.78, 5) is 27.4. The molecule has 2 amide bonds. The number of amides is 2. The van der Waals surface area contributed by atoms with Gasteiger partial charge in [-0.3, -0.25) is 9.59 Å². The summed E-state index contributed by atoms with van der Waals surface area (Å²) in [6, 6.07) is 15.2. The van der Waals surface area contributed by atoms with Gasteiger partial charge in [-0.2, -0.15) is 0 Å². The molecule has 1 N–H and O–H groups in total. The molecule has 30 heavy (non-hydrogen) atoms. The standard InChI is InChI=1S/C25H33ClN2O2/c1-5-20-9-11-21(12-10-20)13-14-24(29)28(17-22-7-6-8-23(26)15-22)19(4)25(30)27-16-18(2)3/h6-12,15,18-19H,5,13-14,16-17H2,1-4H3,(H,27,30)/t19-/m1/s1. The number of carbonyl (C=O) groups excluding carboxylic acids is 2. The molecule has 0 radical (unpaired) electrons. The molecule has 2 aromatic rings. The minimum absolute atomic E-state index is 0.0401. The predicted octanol–water partition coefficient (Wildman–Crippen LogP) is 5.02. The van der Waals surface area contributed by atoms with Gasteiger partial charge in [0.25, 0.3) is 0 Å². The molecule has 0 fully saturated rings. The summed E-state index contributed by atoms with van der Waals surface area (Å²) < 4.78 is 0. The first-order valence-corrected chi connectivity index (χ1v) is 11.1. The molecule has 0 saturated carbocycles. The van der Waals surface area contributed by atoms with Crippen LogP contribution in [0.1, 0.15) is 50.8 Å². The molecule has 2 aromatic carbocycles. The van der Waals surface area contributed by atoms with Crippen LogP contribution in [0.15, 0.2) is 48.5 Å². The Morgan fingerprint density at radius 2 is 1.67 bits per heavy atom. The van der Waals surface area contributed by atoms with E-state index in [-0.39, 0.29) is 11.8 Å². The fraction of sp³-hybridized carbons (Fsp3) is 0.440. The largest absolute Gasteiger partial charge is 0.354 e. The molecule has 0 spiro atoms. The van der Waals surface area contributed by atoms with Crippen molar-refractivity contribution < 1.29 is 9.59 Å². The summed E-state index contributed by atoms with van der Waals surface area (Å²) in [5, 5.41) is 3.56. The fourth-order valence-electron chi connectivity index (χ4n) is 3.20. The molecule has 0 aliphatic heterocycles. The van der Waals surface area contributed by atoms with Crippen LogP contribution in [0.25, 0.3) is 0 Å². The van der Waals surface area contributed by atoms with Gasteiger partial charge in [0, 0.05) is 24.5 Å². The van der Waals surface area contributed by atoms with Gasteiger partial charge in [-0.05, 0) is 54.5 Å². The normalized spacial score (nSPS) is 11.9. The first kappa shape index (κ1) is 23.9. The minimum Gasteiger partial charge on any atom is -0.354 e. The lowest BCUT2D eigenvalue weighted by atomic mass is 10.0. The van der Waals surface area contributed by atoms with Crippen LogP contribution in [0.4, 0.5) is 0 Å². The topological polar surface area (TPSA) is 49.4 Å². The van der Waals surface area contributed by atoms with Gasteiger partial charge in [0.2, 0.25) is 11.8 Å². The Labute approximate surface area is 185 Å². The van der Waals surface area contributed by atoms with Crippen LogP contribution in [0, 0.1) is 5.92 Å². The zero-order valence-electron chi connectivity index (χ0n) is 18.5. The summed E-state index contributed by atoms with van der Waals surface area (Å²) in [6.45, 7) is 8.94. The van der Waals surface area contributed by atoms with Crippen molar-refractivity contribution in [3.05, 3.63) is 70.2 Å². The fourth-order valence-corrected chi connectivity index (χ4v) is 3.42. The van der Waals surface area contributed by atoms with Crippen LogP contribution in [0.2, 0.25) is 5.02 Å². The first-order valence-electron chi connectivity index (χ1n) is 10.7. The SMILES string of the molecule is CCc1ccc(CCC(=O)N(Cc2cccc(Cl)c2)[C@H](C)C(=O)NCC(C)C)cc1. The van der Waals surface area contributed by atoms with Crippen LogP contribution in [-0.2, 0) is 29.0 Å². The van der Waals surface area contributed by atoms with Gasteiger partial charge in [0.05, 0.1) is 0 Å². The van der Waals surface area contributed by atoms with E-state index in [0.717, 1.165) is 17.5 Å². The predicted molar refractivity (Wildman–Crippen MR) is 123 cm³/mol. The molecule has 0 unspecified atom stereocenters. The number of benzene rings is 2. The van der Waals surface area contributed by atoms with Gasteiger partial charge in [-0.25, -0.2) is 0 Å². The van der Waals surface area contributed by atoms with E-state index < -0.39 is 6.04 Å². The second kappa shape index (κ2) is 11.8. The van der Waals surface area contributed by atoms with Crippen LogP contribution in [0.3, 0.4) is 0 Å². The zero-order valence-corrected chi connectivity index (χ0v) is 19.2. The van der Waals surface area contributed by atoms with Gasteiger partial charge in [0.1, 0.15) is 6.04 Å². The Morgan fingerprint density at radius 1 is 1.00 bits per heavy atom.